The fraction of sp³-hybridized carbons (Fsp3) is 0.105. The molecule has 9 nitrogen and oxygen atoms in total. The Hall–Kier alpha value is -3.43. The molecule has 154 valence electrons. The highest BCUT2D eigenvalue weighted by molar-refractivity contribution is 6.42. The van der Waals surface area contributed by atoms with E-state index in [0.29, 0.717) is 21.5 Å². The molecule has 0 unspecified atom stereocenters. The number of ether oxygens (including phenoxy) is 1. The zero-order chi connectivity index (χ0) is 22.0. The number of nitrogens with one attached hydrogen (secondary N) is 1. The SMILES string of the molecule is Cn1c(=O)c(C(=O)NCC(=O)N=O)c(O)c2ccc(Oc3ccc(Cl)c(Cl)c3)cc21. The van der Waals surface area contributed by atoms with E-state index in [9.17, 15) is 24.4 Å². The van der Waals surface area contributed by atoms with Gasteiger partial charge in [-0.25, -0.2) is 0 Å². The van der Waals surface area contributed by atoms with Crippen molar-refractivity contribution in [2.24, 2.45) is 12.2 Å². The van der Waals surface area contributed by atoms with Crippen molar-refractivity contribution in [3.63, 3.8) is 0 Å². The van der Waals surface area contributed by atoms with Gasteiger partial charge in [-0.2, -0.15) is 0 Å². The third-order valence-corrected chi connectivity index (χ3v) is 4.94. The third kappa shape index (κ3) is 4.12. The second kappa shape index (κ2) is 8.52. The van der Waals surface area contributed by atoms with E-state index in [1.165, 1.54) is 31.3 Å². The van der Waals surface area contributed by atoms with Crippen molar-refractivity contribution < 1.29 is 19.4 Å². The van der Waals surface area contributed by atoms with Crippen LogP contribution in [0.3, 0.4) is 0 Å². The van der Waals surface area contributed by atoms with Gasteiger partial charge in [0.05, 0.1) is 15.6 Å². The normalized spacial score (nSPS) is 10.6. The van der Waals surface area contributed by atoms with Gasteiger partial charge in [-0.15, -0.1) is 4.91 Å². The highest BCUT2D eigenvalue weighted by Crippen LogP contribution is 2.33. The van der Waals surface area contributed by atoms with Crippen molar-refractivity contribution in [2.75, 3.05) is 6.54 Å². The Bertz CT molecular complexity index is 1260. The van der Waals surface area contributed by atoms with Crippen LogP contribution in [-0.2, 0) is 11.8 Å². The molecule has 0 spiro atoms. The predicted molar refractivity (Wildman–Crippen MR) is 111 cm³/mol. The number of hydrogen-bond donors (Lipinski definition) is 2. The third-order valence-electron chi connectivity index (χ3n) is 4.20. The molecule has 1 heterocycles. The number of pyridine rings is 1. The van der Waals surface area contributed by atoms with Gasteiger partial charge in [0.2, 0.25) is 0 Å². The first-order valence-corrected chi connectivity index (χ1v) is 9.11. The fourth-order valence-corrected chi connectivity index (χ4v) is 3.01. The molecule has 1 aromatic heterocycles. The largest absolute Gasteiger partial charge is 0.506 e. The number of aromatic hydroxyl groups is 1. The predicted octanol–water partition coefficient (Wildman–Crippen LogP) is 3.37. The minimum atomic E-state index is -1.12. The van der Waals surface area contributed by atoms with E-state index >= 15 is 0 Å². The minimum Gasteiger partial charge on any atom is -0.506 e. The van der Waals surface area contributed by atoms with Crippen LogP contribution in [0.2, 0.25) is 10.0 Å². The van der Waals surface area contributed by atoms with E-state index in [1.54, 1.807) is 12.1 Å². The molecule has 2 aromatic carbocycles. The van der Waals surface area contributed by atoms with Crippen molar-refractivity contribution >= 4 is 45.9 Å². The summed E-state index contributed by atoms with van der Waals surface area (Å²) < 4.78 is 6.86. The molecule has 0 aliphatic heterocycles. The number of fused-ring (bicyclic) bond motifs is 1. The van der Waals surface area contributed by atoms with Crippen molar-refractivity contribution in [1.29, 1.82) is 0 Å². The first-order valence-electron chi connectivity index (χ1n) is 8.36. The first-order chi connectivity index (χ1) is 14.2. The van der Waals surface area contributed by atoms with Gasteiger partial charge in [0.1, 0.15) is 29.4 Å². The lowest BCUT2D eigenvalue weighted by Crippen LogP contribution is -2.34. The minimum absolute atomic E-state index is 0.198. The molecular weight excluding hydrogens is 437 g/mol. The quantitative estimate of drug-likeness (QED) is 0.574. The summed E-state index contributed by atoms with van der Waals surface area (Å²) in [6, 6.07) is 9.19. The zero-order valence-electron chi connectivity index (χ0n) is 15.3. The molecule has 0 bridgehead atoms. The molecule has 30 heavy (non-hydrogen) atoms. The van der Waals surface area contributed by atoms with Gasteiger partial charge in [0, 0.05) is 29.7 Å². The maximum Gasteiger partial charge on any atom is 0.305 e. The van der Waals surface area contributed by atoms with E-state index in [4.69, 9.17) is 27.9 Å². The number of hydrogen-bond acceptors (Lipinski definition) is 6. The van der Waals surface area contributed by atoms with E-state index < -0.39 is 35.2 Å². The van der Waals surface area contributed by atoms with E-state index in [1.807, 2.05) is 0 Å². The van der Waals surface area contributed by atoms with Gasteiger partial charge in [-0.3, -0.25) is 14.4 Å². The van der Waals surface area contributed by atoms with Crippen LogP contribution < -0.4 is 15.6 Å². The standard InChI is InChI=1S/C19H13Cl2N3O6/c1-24-14-7-10(30-9-3-5-12(20)13(21)6-9)2-4-11(14)17(26)16(19(24)28)18(27)22-8-15(25)23-29/h2-7,26H,8H2,1H3,(H,22,27). The highest BCUT2D eigenvalue weighted by atomic mass is 35.5. The summed E-state index contributed by atoms with van der Waals surface area (Å²) in [5, 5.41) is 15.6. The van der Waals surface area contributed by atoms with E-state index in [-0.39, 0.29) is 10.9 Å². The first kappa shape index (κ1) is 21.3. The summed E-state index contributed by atoms with van der Waals surface area (Å²) in [7, 11) is 1.40. The summed E-state index contributed by atoms with van der Waals surface area (Å²) in [4.78, 5) is 45.9. The van der Waals surface area contributed by atoms with Crippen molar-refractivity contribution in [2.45, 2.75) is 0 Å². The van der Waals surface area contributed by atoms with Crippen LogP contribution in [0.15, 0.2) is 46.4 Å². The van der Waals surface area contributed by atoms with Gasteiger partial charge in [-0.1, -0.05) is 23.2 Å². The highest BCUT2D eigenvalue weighted by Gasteiger charge is 2.22. The number of carbonyl (C=O) groups excluding carboxylic acids is 2. The maximum atomic E-state index is 12.6. The van der Waals surface area contributed by atoms with Crippen molar-refractivity contribution in [3.8, 4) is 17.2 Å². The molecule has 2 amide bonds. The van der Waals surface area contributed by atoms with Crippen LogP contribution in [0.4, 0.5) is 0 Å². The molecule has 0 saturated carbocycles. The lowest BCUT2D eigenvalue weighted by atomic mass is 10.1. The Morgan fingerprint density at radius 2 is 1.80 bits per heavy atom. The average Bonchev–Trinajstić information content (AvgIpc) is 2.73. The molecule has 11 heteroatoms. The van der Waals surface area contributed by atoms with Crippen LogP contribution in [0.5, 0.6) is 17.2 Å². The number of benzene rings is 2. The van der Waals surface area contributed by atoms with Gasteiger partial charge in [-0.05, 0) is 24.3 Å². The van der Waals surface area contributed by atoms with Crippen molar-refractivity contribution in [1.82, 2.24) is 9.88 Å². The fourth-order valence-electron chi connectivity index (χ4n) is 2.72. The van der Waals surface area contributed by atoms with Crippen molar-refractivity contribution in [3.05, 3.63) is 67.3 Å². The number of rotatable bonds is 5. The lowest BCUT2D eigenvalue weighted by Gasteiger charge is -2.13. The number of carbonyl (C=O) groups is 2. The number of aryl methyl sites for hydroxylation is 1. The number of amides is 2. The monoisotopic (exact) mass is 449 g/mol. The molecule has 0 saturated heterocycles. The van der Waals surface area contributed by atoms with Crippen LogP contribution in [0.25, 0.3) is 10.9 Å². The maximum absolute atomic E-state index is 12.6. The molecule has 3 rings (SSSR count). The second-order valence-corrected chi connectivity index (χ2v) is 6.93. The van der Waals surface area contributed by atoms with Crippen LogP contribution in [0, 0.1) is 4.91 Å². The van der Waals surface area contributed by atoms with E-state index in [0.717, 1.165) is 4.57 Å². The molecule has 0 aliphatic rings. The van der Waals surface area contributed by atoms with Gasteiger partial charge < -0.3 is 19.7 Å². The Morgan fingerprint density at radius 1 is 1.13 bits per heavy atom. The molecule has 0 aliphatic carbocycles. The smallest absolute Gasteiger partial charge is 0.305 e. The number of nitroso groups, excluding NO2 is 1. The molecule has 3 aromatic rings. The number of halogens is 2. The molecule has 0 radical (unpaired) electrons. The Labute approximate surface area is 178 Å². The summed E-state index contributed by atoms with van der Waals surface area (Å²) in [5.41, 5.74) is -1.09. The van der Waals surface area contributed by atoms with Gasteiger partial charge in [0.15, 0.2) is 0 Å². The summed E-state index contributed by atoms with van der Waals surface area (Å²) >= 11 is 11.9. The molecule has 2 N–H and O–H groups in total. The Kier molecular flexibility index (Phi) is 6.04. The summed E-state index contributed by atoms with van der Waals surface area (Å²) in [6.07, 6.45) is 0. The number of aromatic nitrogens is 1. The molecule has 0 atom stereocenters. The van der Waals surface area contributed by atoms with E-state index in [2.05, 4.69) is 10.5 Å². The second-order valence-electron chi connectivity index (χ2n) is 6.11. The Morgan fingerprint density at radius 3 is 2.47 bits per heavy atom. The van der Waals surface area contributed by atoms with Crippen LogP contribution in [-0.4, -0.2) is 28.0 Å². The molecular formula is C19H13Cl2N3O6. The van der Waals surface area contributed by atoms with Gasteiger partial charge in [0.25, 0.3) is 11.5 Å². The topological polar surface area (TPSA) is 127 Å². The van der Waals surface area contributed by atoms with Crippen LogP contribution in [0.1, 0.15) is 10.4 Å². The summed E-state index contributed by atoms with van der Waals surface area (Å²) in [5.74, 6) is -1.96. The molecule has 0 fully saturated rings. The zero-order valence-corrected chi connectivity index (χ0v) is 16.8. The number of nitrogens with zero attached hydrogens (tertiary/aromatic N) is 2. The lowest BCUT2D eigenvalue weighted by molar-refractivity contribution is -0.117. The average molecular weight is 450 g/mol. The van der Waals surface area contributed by atoms with Crippen LogP contribution >= 0.6 is 23.2 Å². The summed E-state index contributed by atoms with van der Waals surface area (Å²) in [6.45, 7) is -0.695. The Balaban J connectivity index is 2.00. The van der Waals surface area contributed by atoms with Gasteiger partial charge >= 0.3 is 5.91 Å².